The van der Waals surface area contributed by atoms with Crippen LogP contribution in [0.4, 0.5) is 8.78 Å². The maximum absolute atomic E-state index is 13.6. The van der Waals surface area contributed by atoms with Crippen LogP contribution in [0.5, 0.6) is 0 Å². The number of carbonyl (C=O) groups is 1. The smallest absolute Gasteiger partial charge is 0.191 e. The first kappa shape index (κ1) is 19.4. The van der Waals surface area contributed by atoms with E-state index in [1.807, 2.05) is 36.0 Å². The van der Waals surface area contributed by atoms with E-state index in [1.54, 1.807) is 6.08 Å². The summed E-state index contributed by atoms with van der Waals surface area (Å²) in [7, 11) is 0. The summed E-state index contributed by atoms with van der Waals surface area (Å²) in [4.78, 5) is 13.2. The fourth-order valence-corrected chi connectivity index (χ4v) is 3.30. The minimum Gasteiger partial charge on any atom is -0.289 e. The Hall–Kier alpha value is -1.94. The number of halogens is 2. The molecule has 0 amide bonds. The maximum Gasteiger partial charge on any atom is 0.191 e. The molecular weight excluding hydrogens is 338 g/mol. The van der Waals surface area contributed by atoms with E-state index in [2.05, 4.69) is 6.92 Å². The third-order valence-corrected chi connectivity index (χ3v) is 4.88. The first-order valence-electron chi connectivity index (χ1n) is 8.51. The van der Waals surface area contributed by atoms with Gasteiger partial charge in [0.2, 0.25) is 0 Å². The van der Waals surface area contributed by atoms with Gasteiger partial charge in [0.15, 0.2) is 5.78 Å². The van der Waals surface area contributed by atoms with E-state index >= 15 is 0 Å². The molecule has 0 spiro atoms. The largest absolute Gasteiger partial charge is 0.289 e. The second kappa shape index (κ2) is 10.1. The summed E-state index contributed by atoms with van der Waals surface area (Å²) in [6.45, 7) is 2.20. The van der Waals surface area contributed by atoms with Gasteiger partial charge in [-0.1, -0.05) is 50.5 Å². The van der Waals surface area contributed by atoms with Gasteiger partial charge in [-0.15, -0.1) is 11.8 Å². The minimum atomic E-state index is -0.843. The highest BCUT2D eigenvalue weighted by Crippen LogP contribution is 2.21. The predicted octanol–water partition coefficient (Wildman–Crippen LogP) is 6.53. The van der Waals surface area contributed by atoms with Gasteiger partial charge in [0.1, 0.15) is 11.6 Å². The summed E-state index contributed by atoms with van der Waals surface area (Å²) in [6.07, 6.45) is 7.77. The number of hydrogen-bond acceptors (Lipinski definition) is 2. The summed E-state index contributed by atoms with van der Waals surface area (Å²) < 4.78 is 27.2. The lowest BCUT2D eigenvalue weighted by molar-refractivity contribution is 0.104. The molecule has 0 heterocycles. The lowest BCUT2D eigenvalue weighted by atomic mass is 10.1. The summed E-state index contributed by atoms with van der Waals surface area (Å²) in [5.41, 5.74) is 0.304. The normalized spacial score (nSPS) is 11.2. The standard InChI is InChI=1S/C21H22F2OS/c1-2-3-4-5-15-25-17-12-9-16(10-13-17)11-14-20(24)21-18(22)7-6-8-19(21)23/h6-14H,2-5,15H2,1H3/b14-11+. The molecule has 0 aliphatic carbocycles. The average Bonchev–Trinajstić information content (AvgIpc) is 2.60. The highest BCUT2D eigenvalue weighted by Gasteiger charge is 2.14. The molecule has 0 atom stereocenters. The van der Waals surface area contributed by atoms with E-state index in [4.69, 9.17) is 0 Å². The molecule has 0 aliphatic heterocycles. The monoisotopic (exact) mass is 360 g/mol. The summed E-state index contributed by atoms with van der Waals surface area (Å²) in [5, 5.41) is 0. The zero-order valence-electron chi connectivity index (χ0n) is 14.3. The molecular formula is C21H22F2OS. The van der Waals surface area contributed by atoms with Gasteiger partial charge in [-0.25, -0.2) is 8.78 Å². The highest BCUT2D eigenvalue weighted by atomic mass is 32.2. The quantitative estimate of drug-likeness (QED) is 0.219. The predicted molar refractivity (Wildman–Crippen MR) is 101 cm³/mol. The van der Waals surface area contributed by atoms with Gasteiger partial charge < -0.3 is 0 Å². The van der Waals surface area contributed by atoms with Crippen LogP contribution in [0.2, 0.25) is 0 Å². The van der Waals surface area contributed by atoms with Crippen LogP contribution in [0.1, 0.15) is 48.5 Å². The topological polar surface area (TPSA) is 17.1 Å². The third kappa shape index (κ3) is 6.13. The van der Waals surface area contributed by atoms with Crippen LogP contribution in [0.3, 0.4) is 0 Å². The number of ketones is 1. The number of thioether (sulfide) groups is 1. The van der Waals surface area contributed by atoms with Crippen LogP contribution in [-0.4, -0.2) is 11.5 Å². The number of allylic oxidation sites excluding steroid dienone is 1. The van der Waals surface area contributed by atoms with Gasteiger partial charge in [-0.3, -0.25) is 4.79 Å². The van der Waals surface area contributed by atoms with Gasteiger partial charge in [-0.2, -0.15) is 0 Å². The van der Waals surface area contributed by atoms with Gasteiger partial charge in [-0.05, 0) is 48.1 Å². The van der Waals surface area contributed by atoms with Gasteiger partial charge >= 0.3 is 0 Å². The fraction of sp³-hybridized carbons (Fsp3) is 0.286. The van der Waals surface area contributed by atoms with Crippen LogP contribution in [0.25, 0.3) is 6.08 Å². The molecule has 25 heavy (non-hydrogen) atoms. The van der Waals surface area contributed by atoms with E-state index in [0.29, 0.717) is 0 Å². The second-order valence-electron chi connectivity index (χ2n) is 5.77. The molecule has 132 valence electrons. The zero-order valence-corrected chi connectivity index (χ0v) is 15.1. The molecule has 2 rings (SSSR count). The molecule has 0 bridgehead atoms. The zero-order chi connectivity index (χ0) is 18.1. The second-order valence-corrected chi connectivity index (χ2v) is 6.94. The molecule has 0 aliphatic rings. The molecule has 0 aromatic heterocycles. The molecule has 0 fully saturated rings. The summed E-state index contributed by atoms with van der Waals surface area (Å²) in [6, 6.07) is 11.2. The molecule has 0 saturated heterocycles. The van der Waals surface area contributed by atoms with Crippen molar-refractivity contribution in [2.75, 3.05) is 5.75 Å². The summed E-state index contributed by atoms with van der Waals surface area (Å²) >= 11 is 1.81. The van der Waals surface area contributed by atoms with Gasteiger partial charge in [0.05, 0.1) is 5.56 Å². The number of carbonyl (C=O) groups excluding carboxylic acids is 1. The van der Waals surface area contributed by atoms with Crippen molar-refractivity contribution in [3.05, 3.63) is 71.3 Å². The lowest BCUT2D eigenvalue weighted by Crippen LogP contribution is -2.02. The van der Waals surface area contributed by atoms with Gasteiger partial charge in [0.25, 0.3) is 0 Å². The Morgan fingerprint density at radius 2 is 1.68 bits per heavy atom. The van der Waals surface area contributed by atoms with Crippen molar-refractivity contribution in [2.24, 2.45) is 0 Å². The van der Waals surface area contributed by atoms with Gasteiger partial charge in [0, 0.05) is 4.90 Å². The first-order chi connectivity index (χ1) is 12.1. The van der Waals surface area contributed by atoms with Crippen molar-refractivity contribution < 1.29 is 13.6 Å². The molecule has 0 radical (unpaired) electrons. The Morgan fingerprint density at radius 1 is 1.00 bits per heavy atom. The maximum atomic E-state index is 13.6. The Labute approximate surface area is 152 Å². The fourth-order valence-electron chi connectivity index (χ4n) is 2.38. The Morgan fingerprint density at radius 3 is 2.32 bits per heavy atom. The van der Waals surface area contributed by atoms with E-state index < -0.39 is 23.0 Å². The van der Waals surface area contributed by atoms with Crippen molar-refractivity contribution in [3.63, 3.8) is 0 Å². The van der Waals surface area contributed by atoms with Crippen molar-refractivity contribution in [2.45, 2.75) is 37.5 Å². The van der Waals surface area contributed by atoms with Crippen molar-refractivity contribution in [1.82, 2.24) is 0 Å². The first-order valence-corrected chi connectivity index (χ1v) is 9.49. The van der Waals surface area contributed by atoms with E-state index in [1.165, 1.54) is 42.7 Å². The van der Waals surface area contributed by atoms with Crippen LogP contribution in [-0.2, 0) is 0 Å². The lowest BCUT2D eigenvalue weighted by Gasteiger charge is -2.02. The van der Waals surface area contributed by atoms with Crippen LogP contribution in [0.15, 0.2) is 53.4 Å². The van der Waals surface area contributed by atoms with Crippen molar-refractivity contribution in [3.8, 4) is 0 Å². The summed E-state index contributed by atoms with van der Waals surface area (Å²) in [5.74, 6) is -1.26. The minimum absolute atomic E-state index is 0.516. The Kier molecular flexibility index (Phi) is 7.86. The van der Waals surface area contributed by atoms with Crippen LogP contribution in [0, 0.1) is 11.6 Å². The highest BCUT2D eigenvalue weighted by molar-refractivity contribution is 7.99. The number of unbranched alkanes of at least 4 members (excludes halogenated alkanes) is 3. The van der Waals surface area contributed by atoms with E-state index in [0.717, 1.165) is 23.4 Å². The number of benzene rings is 2. The number of hydrogen-bond donors (Lipinski definition) is 0. The SMILES string of the molecule is CCCCCCSc1ccc(/C=C/C(=O)c2c(F)cccc2F)cc1. The Bertz CT molecular complexity index is 703. The molecule has 4 heteroatoms. The van der Waals surface area contributed by atoms with Crippen LogP contribution >= 0.6 is 11.8 Å². The molecule has 0 N–H and O–H groups in total. The van der Waals surface area contributed by atoms with E-state index in [9.17, 15) is 13.6 Å². The number of rotatable bonds is 9. The van der Waals surface area contributed by atoms with Crippen LogP contribution < -0.4 is 0 Å². The van der Waals surface area contributed by atoms with E-state index in [-0.39, 0.29) is 0 Å². The molecule has 1 nitrogen and oxygen atoms in total. The molecule has 2 aromatic carbocycles. The van der Waals surface area contributed by atoms with Crippen molar-refractivity contribution >= 4 is 23.6 Å². The molecule has 2 aromatic rings. The Balaban J connectivity index is 1.92. The molecule has 0 saturated carbocycles. The average molecular weight is 360 g/mol. The van der Waals surface area contributed by atoms with Crippen molar-refractivity contribution in [1.29, 1.82) is 0 Å². The molecule has 0 unspecified atom stereocenters. The third-order valence-electron chi connectivity index (χ3n) is 3.78.